The van der Waals surface area contributed by atoms with E-state index in [4.69, 9.17) is 14.7 Å². The lowest BCUT2D eigenvalue weighted by Crippen LogP contribution is -2.51. The largest absolute Gasteiger partial charge is 0.492 e. The Hall–Kier alpha value is -4.06. The van der Waals surface area contributed by atoms with E-state index in [-0.39, 0.29) is 31.1 Å². The predicted molar refractivity (Wildman–Crippen MR) is 129 cm³/mol. The summed E-state index contributed by atoms with van der Waals surface area (Å²) >= 11 is 0. The molecule has 0 atom stereocenters. The number of nitrogens with one attached hydrogen (secondary N) is 1. The summed E-state index contributed by atoms with van der Waals surface area (Å²) < 4.78 is 10.9. The molecule has 0 unspecified atom stereocenters. The molecule has 1 fully saturated rings. The monoisotopic (exact) mass is 478 g/mol. The molecule has 1 aliphatic rings. The summed E-state index contributed by atoms with van der Waals surface area (Å²) in [4.78, 5) is 40.7. The lowest BCUT2D eigenvalue weighted by molar-refractivity contribution is 0.0141. The van der Waals surface area contributed by atoms with Crippen molar-refractivity contribution in [3.05, 3.63) is 65.2 Å². The first kappa shape index (κ1) is 25.6. The number of nitrogens with zero attached hydrogens (tertiary/aromatic N) is 3. The van der Waals surface area contributed by atoms with E-state index in [0.717, 1.165) is 0 Å². The lowest BCUT2D eigenvalue weighted by Gasteiger charge is -2.35. The van der Waals surface area contributed by atoms with E-state index in [9.17, 15) is 14.4 Å². The minimum Gasteiger partial charge on any atom is -0.492 e. The molecule has 35 heavy (non-hydrogen) atoms. The smallest absolute Gasteiger partial charge is 0.410 e. The Morgan fingerprint density at radius 2 is 1.60 bits per heavy atom. The average Bonchev–Trinajstić information content (AvgIpc) is 2.85. The van der Waals surface area contributed by atoms with E-state index >= 15 is 0 Å². The summed E-state index contributed by atoms with van der Waals surface area (Å²) in [5.74, 6) is 0.145. The number of benzene rings is 2. The summed E-state index contributed by atoms with van der Waals surface area (Å²) in [7, 11) is 0. The van der Waals surface area contributed by atoms with Crippen molar-refractivity contribution < 1.29 is 23.9 Å². The molecule has 0 spiro atoms. The molecule has 0 aromatic heterocycles. The summed E-state index contributed by atoms with van der Waals surface area (Å²) in [5, 5.41) is 11.7. The second-order valence-corrected chi connectivity index (χ2v) is 9.08. The Bertz CT molecular complexity index is 1090. The van der Waals surface area contributed by atoms with Gasteiger partial charge in [-0.3, -0.25) is 9.59 Å². The number of amides is 3. The van der Waals surface area contributed by atoms with E-state index in [2.05, 4.69) is 5.32 Å². The highest BCUT2D eigenvalue weighted by Crippen LogP contribution is 2.15. The number of rotatable bonds is 6. The fourth-order valence-corrected chi connectivity index (χ4v) is 3.46. The van der Waals surface area contributed by atoms with Gasteiger partial charge in [-0.1, -0.05) is 6.07 Å². The maximum atomic E-state index is 12.8. The molecular formula is C26H30N4O5. The molecular weight excluding hydrogens is 448 g/mol. The van der Waals surface area contributed by atoms with E-state index in [0.29, 0.717) is 48.6 Å². The van der Waals surface area contributed by atoms with Gasteiger partial charge >= 0.3 is 6.09 Å². The van der Waals surface area contributed by atoms with Crippen LogP contribution in [-0.2, 0) is 4.74 Å². The Labute approximate surface area is 205 Å². The van der Waals surface area contributed by atoms with E-state index < -0.39 is 5.60 Å². The first-order chi connectivity index (χ1) is 16.7. The second kappa shape index (κ2) is 11.4. The normalized spacial score (nSPS) is 13.5. The molecule has 9 heteroatoms. The highest BCUT2D eigenvalue weighted by atomic mass is 16.6. The molecule has 184 valence electrons. The fourth-order valence-electron chi connectivity index (χ4n) is 3.46. The first-order valence-electron chi connectivity index (χ1n) is 11.4. The van der Waals surface area contributed by atoms with Gasteiger partial charge in [-0.25, -0.2) is 4.79 Å². The molecule has 2 aromatic carbocycles. The summed E-state index contributed by atoms with van der Waals surface area (Å²) in [5.41, 5.74) is 0.858. The molecule has 0 aliphatic carbocycles. The molecule has 3 amide bonds. The number of piperazine rings is 1. The Kier molecular flexibility index (Phi) is 8.31. The Morgan fingerprint density at radius 1 is 0.971 bits per heavy atom. The lowest BCUT2D eigenvalue weighted by atomic mass is 10.1. The molecule has 1 saturated heterocycles. The molecule has 0 radical (unpaired) electrons. The van der Waals surface area contributed by atoms with Gasteiger partial charge in [0.1, 0.15) is 18.0 Å². The van der Waals surface area contributed by atoms with Crippen LogP contribution in [-0.4, -0.2) is 72.6 Å². The van der Waals surface area contributed by atoms with Crippen molar-refractivity contribution in [1.82, 2.24) is 15.1 Å². The third-order valence-corrected chi connectivity index (χ3v) is 5.23. The van der Waals surface area contributed by atoms with Crippen molar-refractivity contribution in [1.29, 1.82) is 5.26 Å². The SMILES string of the molecule is CC(C)(C)OC(=O)N1CCN(C(=O)c2ccc(C(=O)NCCOc3cccc(C#N)c3)cc2)CC1. The van der Waals surface area contributed by atoms with Crippen molar-refractivity contribution in [2.75, 3.05) is 39.3 Å². The fraction of sp³-hybridized carbons (Fsp3) is 0.385. The van der Waals surface area contributed by atoms with Crippen LogP contribution in [0.5, 0.6) is 5.75 Å². The van der Waals surface area contributed by atoms with E-state index in [1.807, 2.05) is 26.8 Å². The third kappa shape index (κ3) is 7.47. The highest BCUT2D eigenvalue weighted by molar-refractivity contribution is 5.97. The van der Waals surface area contributed by atoms with E-state index in [1.54, 1.807) is 58.3 Å². The maximum Gasteiger partial charge on any atom is 0.410 e. The zero-order valence-corrected chi connectivity index (χ0v) is 20.2. The number of carbonyl (C=O) groups excluding carboxylic acids is 3. The summed E-state index contributed by atoms with van der Waals surface area (Å²) in [6, 6.07) is 15.3. The van der Waals surface area contributed by atoms with Crippen molar-refractivity contribution in [3.63, 3.8) is 0 Å². The minimum absolute atomic E-state index is 0.145. The van der Waals surface area contributed by atoms with Gasteiger partial charge in [-0.05, 0) is 63.2 Å². The van der Waals surface area contributed by atoms with Crippen LogP contribution in [0, 0.1) is 11.3 Å². The van der Waals surface area contributed by atoms with Crippen LogP contribution in [0.1, 0.15) is 47.1 Å². The van der Waals surface area contributed by atoms with Gasteiger partial charge in [-0.2, -0.15) is 5.26 Å². The van der Waals surface area contributed by atoms with Crippen LogP contribution in [0.4, 0.5) is 4.79 Å². The molecule has 0 saturated carbocycles. The van der Waals surface area contributed by atoms with Gasteiger partial charge in [0.05, 0.1) is 18.2 Å². The standard InChI is InChI=1S/C26H30N4O5/c1-26(2,3)35-25(33)30-14-12-29(13-15-30)24(32)21-9-7-20(8-10-21)23(31)28-11-16-34-22-6-4-5-19(17-22)18-27/h4-10,17H,11-16H2,1-3H3,(H,28,31). The third-order valence-electron chi connectivity index (χ3n) is 5.23. The molecule has 1 heterocycles. The van der Waals surface area contributed by atoms with Gasteiger partial charge < -0.3 is 24.6 Å². The number of ether oxygens (including phenoxy) is 2. The van der Waals surface area contributed by atoms with E-state index in [1.165, 1.54) is 0 Å². The van der Waals surface area contributed by atoms with Crippen molar-refractivity contribution in [2.24, 2.45) is 0 Å². The average molecular weight is 479 g/mol. The van der Waals surface area contributed by atoms with Crippen molar-refractivity contribution in [2.45, 2.75) is 26.4 Å². The number of carbonyl (C=O) groups is 3. The predicted octanol–water partition coefficient (Wildman–Crippen LogP) is 3.06. The number of nitriles is 1. The molecule has 0 bridgehead atoms. The van der Waals surface area contributed by atoms with Crippen LogP contribution >= 0.6 is 0 Å². The van der Waals surface area contributed by atoms with Gasteiger partial charge in [0.15, 0.2) is 0 Å². The van der Waals surface area contributed by atoms with Crippen LogP contribution in [0.3, 0.4) is 0 Å². The number of hydrogen-bond donors (Lipinski definition) is 1. The highest BCUT2D eigenvalue weighted by Gasteiger charge is 2.28. The van der Waals surface area contributed by atoms with Gasteiger partial charge in [0.2, 0.25) is 0 Å². The number of hydrogen-bond acceptors (Lipinski definition) is 6. The van der Waals surface area contributed by atoms with Crippen LogP contribution in [0.2, 0.25) is 0 Å². The zero-order chi connectivity index (χ0) is 25.4. The summed E-state index contributed by atoms with van der Waals surface area (Å²) in [6.07, 6.45) is -0.374. The topological polar surface area (TPSA) is 112 Å². The molecule has 1 N–H and O–H groups in total. The quantitative estimate of drug-likeness (QED) is 0.639. The van der Waals surface area contributed by atoms with Gasteiger partial charge in [-0.15, -0.1) is 0 Å². The minimum atomic E-state index is -0.560. The maximum absolute atomic E-state index is 12.8. The van der Waals surface area contributed by atoms with Crippen LogP contribution in [0.25, 0.3) is 0 Å². The van der Waals surface area contributed by atoms with Crippen molar-refractivity contribution in [3.8, 4) is 11.8 Å². The molecule has 9 nitrogen and oxygen atoms in total. The Morgan fingerprint density at radius 3 is 2.23 bits per heavy atom. The van der Waals surface area contributed by atoms with Crippen LogP contribution < -0.4 is 10.1 Å². The van der Waals surface area contributed by atoms with Crippen LogP contribution in [0.15, 0.2) is 48.5 Å². The zero-order valence-electron chi connectivity index (χ0n) is 20.2. The summed E-state index contributed by atoms with van der Waals surface area (Å²) in [6.45, 7) is 7.64. The molecule has 2 aromatic rings. The Balaban J connectivity index is 1.44. The molecule has 3 rings (SSSR count). The molecule has 1 aliphatic heterocycles. The second-order valence-electron chi connectivity index (χ2n) is 9.08. The first-order valence-corrected chi connectivity index (χ1v) is 11.4. The van der Waals surface area contributed by atoms with Gasteiger partial charge in [0, 0.05) is 37.3 Å². The van der Waals surface area contributed by atoms with Crippen molar-refractivity contribution >= 4 is 17.9 Å². The van der Waals surface area contributed by atoms with Gasteiger partial charge in [0.25, 0.3) is 11.8 Å².